The Kier molecular flexibility index (Phi) is 9.75. The molecule has 0 bridgehead atoms. The van der Waals surface area contributed by atoms with Gasteiger partial charge in [0.05, 0.1) is 15.9 Å². The number of hydrogen-bond acceptors (Lipinski definition) is 4. The molecule has 1 heterocycles. The lowest BCUT2D eigenvalue weighted by Crippen LogP contribution is -2.33. The largest absolute Gasteiger partial charge is 0.417 e. The van der Waals surface area contributed by atoms with Crippen LogP contribution in [-0.2, 0) is 21.0 Å². The molecule has 220 valence electrons. The molecule has 1 amide bonds. The molecule has 1 aromatic heterocycles. The number of primary amides is 1. The van der Waals surface area contributed by atoms with Gasteiger partial charge in [-0.2, -0.15) is 13.2 Å². The Morgan fingerprint density at radius 2 is 1.70 bits per heavy atom. The number of halogens is 3. The van der Waals surface area contributed by atoms with Gasteiger partial charge in [0.1, 0.15) is 0 Å². The third-order valence-electron chi connectivity index (χ3n) is 7.83. The number of carbonyl (C=O) groups is 1. The number of aryl methyl sites for hydroxylation is 1. The van der Waals surface area contributed by atoms with Crippen LogP contribution in [0.5, 0.6) is 0 Å². The number of sulfonamides is 1. The van der Waals surface area contributed by atoms with E-state index in [4.69, 9.17) is 5.73 Å². The summed E-state index contributed by atoms with van der Waals surface area (Å²) in [5.74, 6) is -0.209. The fourth-order valence-electron chi connectivity index (χ4n) is 5.31. The number of allylic oxidation sites excluding steroid dienone is 1. The fourth-order valence-corrected chi connectivity index (χ4v) is 6.06. The first-order valence-corrected chi connectivity index (χ1v) is 15.2. The van der Waals surface area contributed by atoms with Crippen LogP contribution in [0.3, 0.4) is 0 Å². The molecular weight excluding hydrogens is 539 g/mol. The maximum atomic E-state index is 13.6. The molecule has 2 aromatic rings. The molecule has 1 atom stereocenters. The lowest BCUT2D eigenvalue weighted by molar-refractivity contribution is -0.137. The maximum absolute atomic E-state index is 13.6. The minimum Gasteiger partial charge on any atom is -0.366 e. The summed E-state index contributed by atoms with van der Waals surface area (Å²) in [5, 5.41) is 0. The zero-order valence-electron chi connectivity index (χ0n) is 23.9. The number of nitrogens with zero attached hydrogens (tertiary/aromatic N) is 1. The Labute approximate surface area is 235 Å². The average Bonchev–Trinajstić information content (AvgIpc) is 2.86. The number of amides is 1. The van der Waals surface area contributed by atoms with Gasteiger partial charge in [-0.05, 0) is 75.3 Å². The quantitative estimate of drug-likeness (QED) is 0.303. The second-order valence-corrected chi connectivity index (χ2v) is 14.1. The Bertz CT molecular complexity index is 1340. The molecule has 3 rings (SSSR count). The normalized spacial score (nSPS) is 16.8. The molecule has 10 heteroatoms. The van der Waals surface area contributed by atoms with Crippen LogP contribution in [-0.4, -0.2) is 24.1 Å². The molecule has 40 heavy (non-hydrogen) atoms. The van der Waals surface area contributed by atoms with E-state index >= 15 is 0 Å². The SMILES string of the molecule is CCC(CC(=C(C(N)=O)c1cc(C(F)(F)F)cnc1C)c1ccc(NS(=O)(=O)C(C)(C)C)cc1)C1CCCCC1. The second-order valence-electron chi connectivity index (χ2n) is 11.6. The van der Waals surface area contributed by atoms with Gasteiger partial charge in [0.25, 0.3) is 0 Å². The van der Waals surface area contributed by atoms with Crippen LogP contribution in [0.1, 0.15) is 95.0 Å². The van der Waals surface area contributed by atoms with Gasteiger partial charge >= 0.3 is 6.18 Å². The second kappa shape index (κ2) is 12.3. The van der Waals surface area contributed by atoms with Gasteiger partial charge in [-0.1, -0.05) is 57.6 Å². The predicted octanol–water partition coefficient (Wildman–Crippen LogP) is 7.34. The number of rotatable bonds is 9. The van der Waals surface area contributed by atoms with E-state index in [1.165, 1.54) is 6.42 Å². The highest BCUT2D eigenvalue weighted by atomic mass is 32.2. The first kappa shape index (κ1) is 31.6. The van der Waals surface area contributed by atoms with Crippen LogP contribution in [0, 0.1) is 18.8 Å². The van der Waals surface area contributed by atoms with Crippen molar-refractivity contribution in [2.75, 3.05) is 4.72 Å². The first-order chi connectivity index (χ1) is 18.5. The van der Waals surface area contributed by atoms with E-state index in [9.17, 15) is 26.4 Å². The average molecular weight is 580 g/mol. The molecule has 1 unspecified atom stereocenters. The van der Waals surface area contributed by atoms with E-state index in [1.54, 1.807) is 52.0 Å². The number of nitrogens with one attached hydrogen (secondary N) is 1. The minimum atomic E-state index is -4.64. The predicted molar refractivity (Wildman–Crippen MR) is 154 cm³/mol. The number of carbonyl (C=O) groups excluding carboxylic acids is 1. The van der Waals surface area contributed by atoms with E-state index in [-0.39, 0.29) is 22.7 Å². The van der Waals surface area contributed by atoms with Crippen LogP contribution >= 0.6 is 0 Å². The standard InChI is InChI=1S/C30H40F3N3O3S/c1-6-20(21-10-8-7-9-11-21)16-26(22-12-14-24(15-13-22)36-40(38,39)29(3,4)5)27(28(34)37)25-17-23(30(31,32)33)18-35-19(25)2/h12-15,17-18,20-21,36H,6-11,16H2,1-5H3,(H2,34,37). The summed E-state index contributed by atoms with van der Waals surface area (Å²) in [6.45, 7) is 8.41. The minimum absolute atomic E-state index is 0.00776. The van der Waals surface area contributed by atoms with E-state index in [1.807, 2.05) is 0 Å². The molecular formula is C30H40F3N3O3S. The molecule has 1 aliphatic rings. The molecule has 1 saturated carbocycles. The Morgan fingerprint density at radius 1 is 1.10 bits per heavy atom. The zero-order valence-corrected chi connectivity index (χ0v) is 24.7. The van der Waals surface area contributed by atoms with Crippen molar-refractivity contribution in [2.45, 2.75) is 90.5 Å². The summed E-state index contributed by atoms with van der Waals surface area (Å²) >= 11 is 0. The Morgan fingerprint density at radius 3 is 2.20 bits per heavy atom. The van der Waals surface area contributed by atoms with Crippen LogP contribution in [0.2, 0.25) is 0 Å². The fraction of sp³-hybridized carbons (Fsp3) is 0.533. The number of anilines is 1. The summed E-state index contributed by atoms with van der Waals surface area (Å²) in [6.07, 6.45) is 2.96. The molecule has 1 aromatic carbocycles. The molecule has 1 aliphatic carbocycles. The molecule has 1 fully saturated rings. The highest BCUT2D eigenvalue weighted by molar-refractivity contribution is 7.94. The highest BCUT2D eigenvalue weighted by Gasteiger charge is 2.33. The first-order valence-electron chi connectivity index (χ1n) is 13.7. The summed E-state index contributed by atoms with van der Waals surface area (Å²) in [4.78, 5) is 17.0. The van der Waals surface area contributed by atoms with Crippen molar-refractivity contribution >= 4 is 32.8 Å². The van der Waals surface area contributed by atoms with Gasteiger partial charge < -0.3 is 5.73 Å². The molecule has 6 nitrogen and oxygen atoms in total. The number of benzene rings is 1. The van der Waals surface area contributed by atoms with Gasteiger partial charge in [-0.25, -0.2) is 8.42 Å². The van der Waals surface area contributed by atoms with Crippen molar-refractivity contribution in [1.29, 1.82) is 0 Å². The smallest absolute Gasteiger partial charge is 0.366 e. The summed E-state index contributed by atoms with van der Waals surface area (Å²) < 4.78 is 67.7. The van der Waals surface area contributed by atoms with Crippen molar-refractivity contribution in [3.05, 3.63) is 58.9 Å². The van der Waals surface area contributed by atoms with Gasteiger partial charge in [-0.15, -0.1) is 0 Å². The number of pyridine rings is 1. The molecule has 0 saturated heterocycles. The van der Waals surface area contributed by atoms with Crippen LogP contribution in [0.25, 0.3) is 11.1 Å². The summed E-state index contributed by atoms with van der Waals surface area (Å²) in [7, 11) is -3.67. The van der Waals surface area contributed by atoms with Crippen LogP contribution in [0.4, 0.5) is 18.9 Å². The zero-order chi connectivity index (χ0) is 29.9. The lowest BCUT2D eigenvalue weighted by atomic mass is 9.74. The van der Waals surface area contributed by atoms with Crippen molar-refractivity contribution in [3.8, 4) is 0 Å². The number of aromatic nitrogens is 1. The number of hydrogen-bond donors (Lipinski definition) is 2. The van der Waals surface area contributed by atoms with Gasteiger partial charge in [0, 0.05) is 23.1 Å². The van der Waals surface area contributed by atoms with Gasteiger partial charge in [-0.3, -0.25) is 14.5 Å². The monoisotopic (exact) mass is 579 g/mol. The van der Waals surface area contributed by atoms with Gasteiger partial charge in [0.15, 0.2) is 0 Å². The van der Waals surface area contributed by atoms with E-state index in [0.29, 0.717) is 29.2 Å². The topological polar surface area (TPSA) is 102 Å². The van der Waals surface area contributed by atoms with Crippen LogP contribution in [0.15, 0.2) is 36.5 Å². The maximum Gasteiger partial charge on any atom is 0.417 e. The van der Waals surface area contributed by atoms with E-state index < -0.39 is 32.4 Å². The van der Waals surface area contributed by atoms with Crippen LogP contribution < -0.4 is 10.5 Å². The molecule has 3 N–H and O–H groups in total. The van der Waals surface area contributed by atoms with Crippen molar-refractivity contribution < 1.29 is 26.4 Å². The Balaban J connectivity index is 2.19. The highest BCUT2D eigenvalue weighted by Crippen LogP contribution is 2.41. The lowest BCUT2D eigenvalue weighted by Gasteiger charge is -2.31. The summed E-state index contributed by atoms with van der Waals surface area (Å²) in [6, 6.07) is 7.49. The van der Waals surface area contributed by atoms with E-state index in [2.05, 4.69) is 16.6 Å². The molecule has 0 radical (unpaired) electrons. The number of nitrogens with two attached hydrogens (primary N) is 1. The van der Waals surface area contributed by atoms with Crippen molar-refractivity contribution in [3.63, 3.8) is 0 Å². The third kappa shape index (κ3) is 7.44. The third-order valence-corrected chi connectivity index (χ3v) is 9.95. The van der Waals surface area contributed by atoms with Crippen molar-refractivity contribution in [1.82, 2.24) is 4.98 Å². The Hall–Kier alpha value is -2.88. The van der Waals surface area contributed by atoms with Gasteiger partial charge in [0.2, 0.25) is 15.9 Å². The summed E-state index contributed by atoms with van der Waals surface area (Å²) in [5.41, 5.74) is 6.73. The van der Waals surface area contributed by atoms with Crippen molar-refractivity contribution in [2.24, 2.45) is 17.6 Å². The molecule has 0 aliphatic heterocycles. The van der Waals surface area contributed by atoms with E-state index in [0.717, 1.165) is 44.4 Å². The molecule has 0 spiro atoms. The number of alkyl halides is 3.